The number of hydrogen-bond acceptors (Lipinski definition) is 7. The first-order valence-corrected chi connectivity index (χ1v) is 14.8. The minimum Gasteiger partial charge on any atom is -0.481 e. The monoisotopic (exact) mass is 593 g/mol. The van der Waals surface area contributed by atoms with Crippen molar-refractivity contribution >= 4 is 29.6 Å². The van der Waals surface area contributed by atoms with Gasteiger partial charge in [0.05, 0.1) is 24.4 Å². The molecule has 0 spiro atoms. The molecule has 3 aromatic rings. The number of aliphatic hydroxyl groups is 1. The summed E-state index contributed by atoms with van der Waals surface area (Å²) in [4.78, 5) is 35.1. The molecule has 1 aliphatic heterocycles. The van der Waals surface area contributed by atoms with Gasteiger partial charge >= 0.3 is 11.9 Å². The standard InChI is InChI=1S/C32H35NO8S/c1-20-26(19-42-27-6-3-2-5-25(27)31(38)39)40-32(41-30(20)23-13-11-22(18-34)12-14-23)24-15-9-21(10-16-24)17-33-28(35)7-4-8-29(36)37/h2-3,5-6,9-16,20,26,30,32,34H,4,7-8,17-19H2,1H3,(H,33,35)(H,36,37)(H,38,39)/t20-,26+,30+,32+/m1/s1. The number of carbonyl (C=O) groups is 3. The first-order valence-electron chi connectivity index (χ1n) is 13.8. The fourth-order valence-electron chi connectivity index (χ4n) is 4.73. The van der Waals surface area contributed by atoms with Crippen molar-refractivity contribution in [2.45, 2.75) is 62.7 Å². The quantitative estimate of drug-likeness (QED) is 0.193. The van der Waals surface area contributed by atoms with E-state index in [1.807, 2.05) is 54.6 Å². The minimum atomic E-state index is -0.977. The molecule has 1 heterocycles. The highest BCUT2D eigenvalue weighted by Crippen LogP contribution is 2.43. The number of ether oxygens (including phenoxy) is 2. The molecular formula is C32H35NO8S. The molecule has 0 radical (unpaired) electrons. The van der Waals surface area contributed by atoms with Gasteiger partial charge in [0, 0.05) is 41.5 Å². The van der Waals surface area contributed by atoms with Crippen LogP contribution in [0.15, 0.2) is 77.7 Å². The zero-order valence-electron chi connectivity index (χ0n) is 23.3. The Labute approximate surface area is 248 Å². The van der Waals surface area contributed by atoms with Gasteiger partial charge < -0.3 is 30.1 Å². The maximum Gasteiger partial charge on any atom is 0.336 e. The Balaban J connectivity index is 1.48. The SMILES string of the molecule is C[C@@H]1[C@H](CSc2ccccc2C(=O)O)O[C@H](c2ccc(CNC(=O)CCCC(=O)O)cc2)O[C@@H]1c1ccc(CO)cc1. The number of carbonyl (C=O) groups excluding carboxylic acids is 1. The lowest BCUT2D eigenvalue weighted by molar-refractivity contribution is -0.268. The highest BCUT2D eigenvalue weighted by molar-refractivity contribution is 7.99. The van der Waals surface area contributed by atoms with Gasteiger partial charge in [0.15, 0.2) is 6.29 Å². The summed E-state index contributed by atoms with van der Waals surface area (Å²) in [7, 11) is 0. The molecule has 10 heteroatoms. The van der Waals surface area contributed by atoms with Crippen LogP contribution in [0.1, 0.15) is 71.2 Å². The maximum atomic E-state index is 12.0. The molecule has 42 heavy (non-hydrogen) atoms. The molecule has 0 unspecified atom stereocenters. The van der Waals surface area contributed by atoms with E-state index in [-0.39, 0.29) is 49.0 Å². The van der Waals surface area contributed by atoms with Crippen LogP contribution in [-0.2, 0) is 32.2 Å². The molecule has 4 N–H and O–H groups in total. The summed E-state index contributed by atoms with van der Waals surface area (Å²) in [5.41, 5.74) is 3.69. The zero-order valence-corrected chi connectivity index (χ0v) is 24.1. The van der Waals surface area contributed by atoms with Crippen LogP contribution in [0.5, 0.6) is 0 Å². The Morgan fingerprint density at radius 1 is 0.857 bits per heavy atom. The topological polar surface area (TPSA) is 142 Å². The average Bonchev–Trinajstić information content (AvgIpc) is 3.00. The Bertz CT molecular complexity index is 1360. The molecule has 0 aliphatic carbocycles. The second kappa shape index (κ2) is 15.0. The molecule has 1 fully saturated rings. The summed E-state index contributed by atoms with van der Waals surface area (Å²) in [6, 6.07) is 22.1. The number of rotatable bonds is 13. The van der Waals surface area contributed by atoms with E-state index in [0.717, 1.165) is 22.3 Å². The lowest BCUT2D eigenvalue weighted by Crippen LogP contribution is -2.38. The van der Waals surface area contributed by atoms with Gasteiger partial charge in [-0.3, -0.25) is 9.59 Å². The van der Waals surface area contributed by atoms with E-state index >= 15 is 0 Å². The van der Waals surface area contributed by atoms with Crippen LogP contribution in [0.4, 0.5) is 0 Å². The van der Waals surface area contributed by atoms with Crippen LogP contribution in [0.25, 0.3) is 0 Å². The molecule has 0 saturated carbocycles. The number of aromatic carboxylic acids is 1. The number of carboxylic acids is 2. The number of aliphatic hydroxyl groups excluding tert-OH is 1. The lowest BCUT2D eigenvalue weighted by Gasteiger charge is -2.41. The molecule has 9 nitrogen and oxygen atoms in total. The second-order valence-electron chi connectivity index (χ2n) is 10.2. The van der Waals surface area contributed by atoms with E-state index in [9.17, 15) is 24.6 Å². The van der Waals surface area contributed by atoms with Crippen LogP contribution >= 0.6 is 11.8 Å². The number of carboxylic acid groups (broad SMARTS) is 2. The van der Waals surface area contributed by atoms with Crippen LogP contribution in [0, 0.1) is 5.92 Å². The van der Waals surface area contributed by atoms with Gasteiger partial charge in [-0.25, -0.2) is 4.79 Å². The van der Waals surface area contributed by atoms with E-state index in [0.29, 0.717) is 23.6 Å². The van der Waals surface area contributed by atoms with Crippen molar-refractivity contribution in [3.05, 3.63) is 101 Å². The van der Waals surface area contributed by atoms with Crippen molar-refractivity contribution < 1.29 is 39.2 Å². The normalized spacial score (nSPS) is 20.1. The van der Waals surface area contributed by atoms with Gasteiger partial charge in [-0.05, 0) is 35.2 Å². The molecular weight excluding hydrogens is 558 g/mol. The molecule has 222 valence electrons. The predicted octanol–water partition coefficient (Wildman–Crippen LogP) is 5.33. The summed E-state index contributed by atoms with van der Waals surface area (Å²) in [5, 5.41) is 30.6. The Hall–Kier alpha value is -3.70. The Kier molecular flexibility index (Phi) is 11.1. The Morgan fingerprint density at radius 3 is 2.19 bits per heavy atom. The number of nitrogens with one attached hydrogen (secondary N) is 1. The highest BCUT2D eigenvalue weighted by atomic mass is 32.2. The smallest absolute Gasteiger partial charge is 0.336 e. The van der Waals surface area contributed by atoms with Crippen molar-refractivity contribution in [1.29, 1.82) is 0 Å². The van der Waals surface area contributed by atoms with Crippen molar-refractivity contribution in [3.63, 3.8) is 0 Å². The fraction of sp³-hybridized carbons (Fsp3) is 0.344. The van der Waals surface area contributed by atoms with Crippen LogP contribution < -0.4 is 5.32 Å². The summed E-state index contributed by atoms with van der Waals surface area (Å²) >= 11 is 1.44. The van der Waals surface area contributed by atoms with E-state index in [1.165, 1.54) is 11.8 Å². The van der Waals surface area contributed by atoms with E-state index in [1.54, 1.807) is 18.2 Å². The molecule has 1 aliphatic rings. The van der Waals surface area contributed by atoms with Gasteiger partial charge in [-0.1, -0.05) is 67.6 Å². The van der Waals surface area contributed by atoms with Gasteiger partial charge in [-0.15, -0.1) is 11.8 Å². The van der Waals surface area contributed by atoms with Crippen LogP contribution in [-0.4, -0.2) is 45.0 Å². The zero-order chi connectivity index (χ0) is 30.1. The third-order valence-corrected chi connectivity index (χ3v) is 8.34. The summed E-state index contributed by atoms with van der Waals surface area (Å²) in [6.07, 6.45) is -0.836. The number of amides is 1. The second-order valence-corrected chi connectivity index (χ2v) is 11.3. The third-order valence-electron chi connectivity index (χ3n) is 7.18. The minimum absolute atomic E-state index is 0.0414. The molecule has 0 aromatic heterocycles. The van der Waals surface area contributed by atoms with Crippen LogP contribution in [0.3, 0.4) is 0 Å². The number of hydrogen-bond donors (Lipinski definition) is 4. The fourth-order valence-corrected chi connectivity index (χ4v) is 5.94. The van der Waals surface area contributed by atoms with Gasteiger partial charge in [0.1, 0.15) is 0 Å². The van der Waals surface area contributed by atoms with Crippen molar-refractivity contribution in [1.82, 2.24) is 5.32 Å². The first kappa shape index (κ1) is 31.2. The summed E-state index contributed by atoms with van der Waals surface area (Å²) in [6.45, 7) is 2.32. The molecule has 0 bridgehead atoms. The maximum absolute atomic E-state index is 12.0. The largest absolute Gasteiger partial charge is 0.481 e. The lowest BCUT2D eigenvalue weighted by atomic mass is 9.91. The predicted molar refractivity (Wildman–Crippen MR) is 157 cm³/mol. The van der Waals surface area contributed by atoms with Gasteiger partial charge in [-0.2, -0.15) is 0 Å². The van der Waals surface area contributed by atoms with Crippen LogP contribution in [0.2, 0.25) is 0 Å². The van der Waals surface area contributed by atoms with E-state index in [4.69, 9.17) is 14.6 Å². The van der Waals surface area contributed by atoms with E-state index in [2.05, 4.69) is 12.2 Å². The number of benzene rings is 3. The molecule has 4 atom stereocenters. The first-order chi connectivity index (χ1) is 20.2. The van der Waals surface area contributed by atoms with Gasteiger partial charge in [0.25, 0.3) is 0 Å². The molecule has 1 amide bonds. The van der Waals surface area contributed by atoms with Gasteiger partial charge in [0.2, 0.25) is 5.91 Å². The van der Waals surface area contributed by atoms with Crippen molar-refractivity contribution in [3.8, 4) is 0 Å². The molecule has 4 rings (SSSR count). The third kappa shape index (κ3) is 8.42. The number of aliphatic carboxylic acids is 1. The average molecular weight is 594 g/mol. The number of thioether (sulfide) groups is 1. The van der Waals surface area contributed by atoms with Crippen molar-refractivity contribution in [2.75, 3.05) is 5.75 Å². The Morgan fingerprint density at radius 2 is 1.52 bits per heavy atom. The summed E-state index contributed by atoms with van der Waals surface area (Å²) in [5.74, 6) is -1.64. The molecule has 3 aromatic carbocycles. The highest BCUT2D eigenvalue weighted by Gasteiger charge is 2.38. The van der Waals surface area contributed by atoms with E-state index < -0.39 is 18.2 Å². The van der Waals surface area contributed by atoms with Crippen molar-refractivity contribution in [2.24, 2.45) is 5.92 Å². The summed E-state index contributed by atoms with van der Waals surface area (Å²) < 4.78 is 12.9. The molecule has 1 saturated heterocycles.